The Morgan fingerprint density at radius 2 is 1.57 bits per heavy atom. The zero-order valence-electron chi connectivity index (χ0n) is 21.9. The van der Waals surface area contributed by atoms with Crippen molar-refractivity contribution in [1.29, 1.82) is 0 Å². The smallest absolute Gasteiger partial charge is 0.408 e. The Kier molecular flexibility index (Phi) is 9.60. The average molecular weight is 545 g/mol. The summed E-state index contributed by atoms with van der Waals surface area (Å²) in [4.78, 5) is 42.5. The Labute approximate surface area is 231 Å². The molecule has 0 aliphatic carbocycles. The average Bonchev–Trinajstić information content (AvgIpc) is 3.47. The standard InChI is InChI=1S/C30H29FN4O5/c1-2-25-17-35(20-33-25)26-14-23(13-24(31)15-26)28(36)32-16-27(29(37)39-18-21-9-5-3-6-10-21)34-30(38)40-19-22-11-7-4-8-12-22/h3-15,17,20,27H,2,16,18-19H2,1H3,(H,32,36)(H,34,38)/t27-/m1/s1. The highest BCUT2D eigenvalue weighted by atomic mass is 19.1. The Morgan fingerprint density at radius 3 is 2.20 bits per heavy atom. The number of hydrogen-bond donors (Lipinski definition) is 2. The van der Waals surface area contributed by atoms with Crippen molar-refractivity contribution in [3.63, 3.8) is 0 Å². The number of imidazole rings is 1. The molecule has 0 unspecified atom stereocenters. The number of ether oxygens (including phenoxy) is 2. The van der Waals surface area contributed by atoms with Crippen LogP contribution in [0.15, 0.2) is 91.4 Å². The van der Waals surface area contributed by atoms with E-state index in [0.717, 1.165) is 22.9 Å². The topological polar surface area (TPSA) is 112 Å². The third kappa shape index (κ3) is 8.00. The molecule has 0 radical (unpaired) electrons. The third-order valence-electron chi connectivity index (χ3n) is 5.92. The van der Waals surface area contributed by atoms with Crippen LogP contribution in [-0.4, -0.2) is 40.1 Å². The van der Waals surface area contributed by atoms with Crippen molar-refractivity contribution in [1.82, 2.24) is 20.2 Å². The van der Waals surface area contributed by atoms with Crippen LogP contribution in [0.1, 0.15) is 34.1 Å². The van der Waals surface area contributed by atoms with Crippen molar-refractivity contribution in [2.24, 2.45) is 0 Å². The molecule has 0 aliphatic rings. The maximum atomic E-state index is 14.4. The molecule has 10 heteroatoms. The molecule has 0 spiro atoms. The fourth-order valence-electron chi connectivity index (χ4n) is 3.77. The maximum absolute atomic E-state index is 14.4. The molecule has 4 rings (SSSR count). The van der Waals surface area contributed by atoms with Crippen molar-refractivity contribution in [2.45, 2.75) is 32.6 Å². The van der Waals surface area contributed by atoms with Gasteiger partial charge < -0.3 is 24.7 Å². The van der Waals surface area contributed by atoms with E-state index in [1.807, 2.05) is 31.2 Å². The van der Waals surface area contributed by atoms with Gasteiger partial charge in [0, 0.05) is 18.3 Å². The minimum atomic E-state index is -1.26. The molecule has 0 aliphatic heterocycles. The summed E-state index contributed by atoms with van der Waals surface area (Å²) in [5.74, 6) is -2.03. The number of aryl methyl sites for hydroxylation is 1. The number of nitrogens with zero attached hydrogens (tertiary/aromatic N) is 2. The van der Waals surface area contributed by atoms with Crippen molar-refractivity contribution in [3.05, 3.63) is 120 Å². The van der Waals surface area contributed by atoms with Crippen molar-refractivity contribution < 1.29 is 28.2 Å². The highest BCUT2D eigenvalue weighted by Crippen LogP contribution is 2.15. The molecule has 0 fully saturated rings. The molecule has 0 saturated carbocycles. The van der Waals surface area contributed by atoms with Crippen LogP contribution in [0.2, 0.25) is 0 Å². The van der Waals surface area contributed by atoms with Crippen molar-refractivity contribution >= 4 is 18.0 Å². The second kappa shape index (κ2) is 13.7. The van der Waals surface area contributed by atoms with Gasteiger partial charge in [-0.05, 0) is 35.7 Å². The largest absolute Gasteiger partial charge is 0.459 e. The van der Waals surface area contributed by atoms with Gasteiger partial charge in [0.05, 0.1) is 17.7 Å². The molecule has 1 aromatic heterocycles. The quantitative estimate of drug-likeness (QED) is 0.272. The molecule has 0 saturated heterocycles. The number of benzene rings is 3. The van der Waals surface area contributed by atoms with E-state index >= 15 is 0 Å². The number of hydrogen-bond acceptors (Lipinski definition) is 6. The van der Waals surface area contributed by atoms with Gasteiger partial charge in [-0.25, -0.2) is 19.0 Å². The molecule has 40 heavy (non-hydrogen) atoms. The Morgan fingerprint density at radius 1 is 0.925 bits per heavy atom. The summed E-state index contributed by atoms with van der Waals surface area (Å²) in [6.45, 7) is 1.60. The first-order valence-electron chi connectivity index (χ1n) is 12.7. The van der Waals surface area contributed by atoms with E-state index in [4.69, 9.17) is 9.47 Å². The Hall–Kier alpha value is -4.99. The molecule has 2 amide bonds. The van der Waals surface area contributed by atoms with Gasteiger partial charge in [-0.3, -0.25) is 4.79 Å². The van der Waals surface area contributed by atoms with Crippen LogP contribution < -0.4 is 10.6 Å². The van der Waals surface area contributed by atoms with Crippen LogP contribution in [0.3, 0.4) is 0 Å². The first-order valence-corrected chi connectivity index (χ1v) is 12.7. The maximum Gasteiger partial charge on any atom is 0.408 e. The van der Waals surface area contributed by atoms with Gasteiger partial charge in [0.2, 0.25) is 0 Å². The van der Waals surface area contributed by atoms with Gasteiger partial charge in [0.1, 0.15) is 25.1 Å². The van der Waals surface area contributed by atoms with Crippen molar-refractivity contribution in [3.8, 4) is 5.69 Å². The first kappa shape index (κ1) is 28.0. The summed E-state index contributed by atoms with van der Waals surface area (Å²) >= 11 is 0. The van der Waals surface area contributed by atoms with E-state index in [2.05, 4.69) is 15.6 Å². The number of carbonyl (C=O) groups is 3. The van der Waals surface area contributed by atoms with Crippen LogP contribution in [0.5, 0.6) is 0 Å². The molecule has 9 nitrogen and oxygen atoms in total. The fourth-order valence-corrected chi connectivity index (χ4v) is 3.77. The van der Waals surface area contributed by atoms with Gasteiger partial charge in [-0.2, -0.15) is 0 Å². The van der Waals surface area contributed by atoms with Gasteiger partial charge in [0.25, 0.3) is 5.91 Å². The Balaban J connectivity index is 1.42. The number of amides is 2. The molecular formula is C30H29FN4O5. The number of aromatic nitrogens is 2. The molecule has 1 heterocycles. The third-order valence-corrected chi connectivity index (χ3v) is 5.92. The van der Waals surface area contributed by atoms with E-state index in [9.17, 15) is 18.8 Å². The van der Waals surface area contributed by atoms with E-state index in [1.54, 1.807) is 53.5 Å². The van der Waals surface area contributed by atoms with Crippen LogP contribution >= 0.6 is 0 Å². The normalized spacial score (nSPS) is 11.3. The van der Waals surface area contributed by atoms with Gasteiger partial charge in [0.15, 0.2) is 0 Å². The zero-order chi connectivity index (χ0) is 28.3. The fraction of sp³-hybridized carbons (Fsp3) is 0.200. The first-order chi connectivity index (χ1) is 19.4. The van der Waals surface area contributed by atoms with Crippen LogP contribution in [0.4, 0.5) is 9.18 Å². The molecule has 2 N–H and O–H groups in total. The minimum Gasteiger partial charge on any atom is -0.459 e. The van der Waals surface area contributed by atoms with E-state index < -0.39 is 29.8 Å². The molecule has 3 aromatic carbocycles. The zero-order valence-corrected chi connectivity index (χ0v) is 21.9. The lowest BCUT2D eigenvalue weighted by Crippen LogP contribution is -2.49. The van der Waals surface area contributed by atoms with E-state index in [-0.39, 0.29) is 25.3 Å². The molecule has 1 atom stereocenters. The summed E-state index contributed by atoms with van der Waals surface area (Å²) in [6.07, 6.45) is 3.14. The second-order valence-corrected chi connectivity index (χ2v) is 8.89. The Bertz CT molecular complexity index is 1440. The number of rotatable bonds is 11. The minimum absolute atomic E-state index is 0.00905. The summed E-state index contributed by atoms with van der Waals surface area (Å²) < 4.78 is 26.6. The summed E-state index contributed by atoms with van der Waals surface area (Å²) in [6, 6.07) is 20.7. The van der Waals surface area contributed by atoms with Gasteiger partial charge in [-0.15, -0.1) is 0 Å². The van der Waals surface area contributed by atoms with E-state index in [0.29, 0.717) is 12.1 Å². The van der Waals surface area contributed by atoms with Gasteiger partial charge >= 0.3 is 12.1 Å². The summed E-state index contributed by atoms with van der Waals surface area (Å²) in [5.41, 5.74) is 2.78. The SMILES string of the molecule is CCc1cn(-c2cc(F)cc(C(=O)NC[C@@H](NC(=O)OCc3ccccc3)C(=O)OCc3ccccc3)c2)cn1. The van der Waals surface area contributed by atoms with Crippen molar-refractivity contribution in [2.75, 3.05) is 6.54 Å². The highest BCUT2D eigenvalue weighted by Gasteiger charge is 2.24. The molecule has 4 aromatic rings. The lowest BCUT2D eigenvalue weighted by Gasteiger charge is -2.18. The monoisotopic (exact) mass is 544 g/mol. The molecule has 206 valence electrons. The lowest BCUT2D eigenvalue weighted by molar-refractivity contribution is -0.147. The van der Waals surface area contributed by atoms with Crippen LogP contribution in [0, 0.1) is 5.82 Å². The molecular weight excluding hydrogens is 515 g/mol. The summed E-state index contributed by atoms with van der Waals surface area (Å²) in [5, 5.41) is 5.03. The van der Waals surface area contributed by atoms with Crippen LogP contribution in [-0.2, 0) is 33.9 Å². The number of nitrogens with one attached hydrogen (secondary N) is 2. The second-order valence-electron chi connectivity index (χ2n) is 8.89. The highest BCUT2D eigenvalue weighted by molar-refractivity contribution is 5.95. The van der Waals surface area contributed by atoms with Crippen LogP contribution in [0.25, 0.3) is 5.69 Å². The summed E-state index contributed by atoms with van der Waals surface area (Å²) in [7, 11) is 0. The molecule has 0 bridgehead atoms. The predicted molar refractivity (Wildman–Crippen MR) is 145 cm³/mol. The predicted octanol–water partition coefficient (Wildman–Crippen LogP) is 4.34. The lowest BCUT2D eigenvalue weighted by atomic mass is 10.1. The number of halogens is 1. The van der Waals surface area contributed by atoms with Gasteiger partial charge in [-0.1, -0.05) is 67.6 Å². The van der Waals surface area contributed by atoms with E-state index in [1.165, 1.54) is 12.1 Å². The number of esters is 1. The number of alkyl carbamates (subject to hydrolysis) is 1. The number of carbonyl (C=O) groups excluding carboxylic acids is 3.